The molecule has 1 aromatic heterocycles. The fourth-order valence-electron chi connectivity index (χ4n) is 4.34. The van der Waals surface area contributed by atoms with Gasteiger partial charge in [-0.1, -0.05) is 37.3 Å². The summed E-state index contributed by atoms with van der Waals surface area (Å²) in [5.41, 5.74) is 4.85. The Morgan fingerprint density at radius 3 is 2.47 bits per heavy atom. The first-order valence-electron chi connectivity index (χ1n) is 10.8. The van der Waals surface area contributed by atoms with Crippen molar-refractivity contribution in [3.63, 3.8) is 0 Å². The summed E-state index contributed by atoms with van der Waals surface area (Å²) < 4.78 is 11.5. The van der Waals surface area contributed by atoms with Gasteiger partial charge in [0.25, 0.3) is 0 Å². The molecule has 3 heterocycles. The molecule has 0 N–H and O–H groups in total. The van der Waals surface area contributed by atoms with Crippen LogP contribution in [0.15, 0.2) is 54.9 Å². The Hall–Kier alpha value is -2.92. The third-order valence-electron chi connectivity index (χ3n) is 6.03. The summed E-state index contributed by atoms with van der Waals surface area (Å²) in [5, 5.41) is 0. The van der Waals surface area contributed by atoms with Gasteiger partial charge < -0.3 is 9.47 Å². The van der Waals surface area contributed by atoms with Crippen LogP contribution in [0.2, 0.25) is 0 Å². The van der Waals surface area contributed by atoms with Gasteiger partial charge in [-0.15, -0.1) is 0 Å². The SMILES string of the molecule is CCc1cnc(-c2ccc(CN3CCCC3c3ccc4c(c3)OCCO4)cc2)nc1. The Bertz CT molecular complexity index is 1000. The molecule has 154 valence electrons. The zero-order chi connectivity index (χ0) is 20.3. The highest BCUT2D eigenvalue weighted by Gasteiger charge is 2.27. The average Bonchev–Trinajstić information content (AvgIpc) is 3.27. The first-order chi connectivity index (χ1) is 14.8. The predicted molar refractivity (Wildman–Crippen MR) is 117 cm³/mol. The summed E-state index contributed by atoms with van der Waals surface area (Å²) in [6.07, 6.45) is 7.18. The van der Waals surface area contributed by atoms with Crippen molar-refractivity contribution in [1.29, 1.82) is 0 Å². The largest absolute Gasteiger partial charge is 0.486 e. The number of hydrogen-bond acceptors (Lipinski definition) is 5. The van der Waals surface area contributed by atoms with Crippen molar-refractivity contribution in [2.45, 2.75) is 38.8 Å². The number of fused-ring (bicyclic) bond motifs is 1. The van der Waals surface area contributed by atoms with Crippen LogP contribution in [0, 0.1) is 0 Å². The molecule has 5 heteroatoms. The van der Waals surface area contributed by atoms with Crippen molar-refractivity contribution in [2.75, 3.05) is 19.8 Å². The fraction of sp³-hybridized carbons (Fsp3) is 0.360. The second-order valence-corrected chi connectivity index (χ2v) is 8.00. The van der Waals surface area contributed by atoms with Crippen LogP contribution in [0.4, 0.5) is 0 Å². The lowest BCUT2D eigenvalue weighted by Crippen LogP contribution is -2.23. The molecule has 5 nitrogen and oxygen atoms in total. The van der Waals surface area contributed by atoms with E-state index in [1.807, 2.05) is 12.4 Å². The van der Waals surface area contributed by atoms with E-state index < -0.39 is 0 Å². The maximum atomic E-state index is 5.79. The first-order valence-corrected chi connectivity index (χ1v) is 10.8. The van der Waals surface area contributed by atoms with Crippen molar-refractivity contribution >= 4 is 0 Å². The Labute approximate surface area is 177 Å². The number of aromatic nitrogens is 2. The average molecular weight is 402 g/mol. The molecule has 1 unspecified atom stereocenters. The summed E-state index contributed by atoms with van der Waals surface area (Å²) in [6.45, 7) is 5.43. The van der Waals surface area contributed by atoms with Crippen LogP contribution in [0.1, 0.15) is 42.5 Å². The van der Waals surface area contributed by atoms with Crippen LogP contribution in [0.3, 0.4) is 0 Å². The van der Waals surface area contributed by atoms with Gasteiger partial charge in [0.1, 0.15) is 13.2 Å². The number of nitrogens with zero attached hydrogens (tertiary/aromatic N) is 3. The van der Waals surface area contributed by atoms with E-state index in [2.05, 4.69) is 64.3 Å². The van der Waals surface area contributed by atoms with Gasteiger partial charge in [-0.25, -0.2) is 9.97 Å². The lowest BCUT2D eigenvalue weighted by atomic mass is 10.0. The number of aryl methyl sites for hydroxylation is 1. The Morgan fingerprint density at radius 2 is 1.70 bits per heavy atom. The number of likely N-dealkylation sites (tertiary alicyclic amines) is 1. The molecule has 5 rings (SSSR count). The van der Waals surface area contributed by atoms with E-state index in [1.54, 1.807) is 0 Å². The lowest BCUT2D eigenvalue weighted by molar-refractivity contribution is 0.170. The quantitative estimate of drug-likeness (QED) is 0.614. The summed E-state index contributed by atoms with van der Waals surface area (Å²) in [7, 11) is 0. The smallest absolute Gasteiger partial charge is 0.161 e. The molecular formula is C25H27N3O2. The minimum absolute atomic E-state index is 0.422. The van der Waals surface area contributed by atoms with Gasteiger partial charge in [-0.3, -0.25) is 4.90 Å². The third kappa shape index (κ3) is 3.90. The molecule has 2 aromatic carbocycles. The highest BCUT2D eigenvalue weighted by Crippen LogP contribution is 2.38. The van der Waals surface area contributed by atoms with Crippen LogP contribution < -0.4 is 9.47 Å². The van der Waals surface area contributed by atoms with E-state index in [9.17, 15) is 0 Å². The van der Waals surface area contributed by atoms with Gasteiger partial charge >= 0.3 is 0 Å². The van der Waals surface area contributed by atoms with Crippen LogP contribution in [0.5, 0.6) is 11.5 Å². The Balaban J connectivity index is 1.30. The van der Waals surface area contributed by atoms with Crippen molar-refractivity contribution < 1.29 is 9.47 Å². The summed E-state index contributed by atoms with van der Waals surface area (Å²) in [5.74, 6) is 2.53. The second kappa shape index (κ2) is 8.44. The normalized spacial score (nSPS) is 18.5. The number of benzene rings is 2. The summed E-state index contributed by atoms with van der Waals surface area (Å²) in [6, 6.07) is 15.5. The number of rotatable bonds is 5. The van der Waals surface area contributed by atoms with Crippen molar-refractivity contribution in [1.82, 2.24) is 14.9 Å². The Morgan fingerprint density at radius 1 is 0.933 bits per heavy atom. The topological polar surface area (TPSA) is 47.5 Å². The van der Waals surface area contributed by atoms with Gasteiger partial charge in [-0.2, -0.15) is 0 Å². The van der Waals surface area contributed by atoms with Crippen LogP contribution in [0.25, 0.3) is 11.4 Å². The van der Waals surface area contributed by atoms with Gasteiger partial charge in [0, 0.05) is 30.5 Å². The van der Waals surface area contributed by atoms with E-state index in [4.69, 9.17) is 9.47 Å². The molecule has 1 saturated heterocycles. The molecule has 1 fully saturated rings. The van der Waals surface area contributed by atoms with E-state index in [0.717, 1.165) is 48.0 Å². The van der Waals surface area contributed by atoms with Crippen LogP contribution in [-0.2, 0) is 13.0 Å². The van der Waals surface area contributed by atoms with Crippen LogP contribution in [-0.4, -0.2) is 34.6 Å². The molecule has 0 saturated carbocycles. The van der Waals surface area contributed by atoms with E-state index in [-0.39, 0.29) is 0 Å². The summed E-state index contributed by atoms with van der Waals surface area (Å²) >= 11 is 0. The maximum absolute atomic E-state index is 5.79. The van der Waals surface area contributed by atoms with Crippen molar-refractivity contribution in [2.24, 2.45) is 0 Å². The van der Waals surface area contributed by atoms with Crippen molar-refractivity contribution in [3.8, 4) is 22.9 Å². The second-order valence-electron chi connectivity index (χ2n) is 8.00. The summed E-state index contributed by atoms with van der Waals surface area (Å²) in [4.78, 5) is 11.6. The van der Waals surface area contributed by atoms with Gasteiger partial charge in [-0.05, 0) is 54.6 Å². The molecule has 0 aliphatic carbocycles. The van der Waals surface area contributed by atoms with Crippen LogP contribution >= 0.6 is 0 Å². The lowest BCUT2D eigenvalue weighted by Gasteiger charge is -2.26. The minimum Gasteiger partial charge on any atom is -0.486 e. The van der Waals surface area contributed by atoms with E-state index in [0.29, 0.717) is 19.3 Å². The monoisotopic (exact) mass is 401 g/mol. The molecule has 30 heavy (non-hydrogen) atoms. The molecule has 2 aliphatic rings. The standard InChI is InChI=1S/C25H27N3O2/c1-2-18-15-26-25(27-16-18)20-7-5-19(6-8-20)17-28-11-3-4-22(28)21-9-10-23-24(14-21)30-13-12-29-23/h5-10,14-16,22H,2-4,11-13,17H2,1H3. The molecule has 0 spiro atoms. The van der Waals surface area contributed by atoms with E-state index >= 15 is 0 Å². The van der Waals surface area contributed by atoms with Gasteiger partial charge in [0.05, 0.1) is 0 Å². The van der Waals surface area contributed by atoms with E-state index in [1.165, 1.54) is 24.0 Å². The fourth-order valence-corrected chi connectivity index (χ4v) is 4.34. The highest BCUT2D eigenvalue weighted by molar-refractivity contribution is 5.55. The minimum atomic E-state index is 0.422. The predicted octanol–water partition coefficient (Wildman–Crippen LogP) is 4.81. The molecule has 3 aromatic rings. The zero-order valence-electron chi connectivity index (χ0n) is 17.4. The molecule has 2 aliphatic heterocycles. The third-order valence-corrected chi connectivity index (χ3v) is 6.03. The number of ether oxygens (including phenoxy) is 2. The Kier molecular flexibility index (Phi) is 5.37. The maximum Gasteiger partial charge on any atom is 0.161 e. The molecule has 1 atom stereocenters. The van der Waals surface area contributed by atoms with Crippen molar-refractivity contribution in [3.05, 3.63) is 71.5 Å². The number of hydrogen-bond donors (Lipinski definition) is 0. The molecular weight excluding hydrogens is 374 g/mol. The zero-order valence-corrected chi connectivity index (χ0v) is 17.4. The highest BCUT2D eigenvalue weighted by atomic mass is 16.6. The van der Waals surface area contributed by atoms with Gasteiger partial charge in [0.2, 0.25) is 0 Å². The van der Waals surface area contributed by atoms with Gasteiger partial charge in [0.15, 0.2) is 17.3 Å². The molecule has 0 amide bonds. The molecule has 0 bridgehead atoms. The molecule has 0 radical (unpaired) electrons. The first kappa shape index (κ1) is 19.1.